The molecule has 1 aliphatic heterocycles. The third-order valence-electron chi connectivity index (χ3n) is 3.90. The molecule has 4 heteroatoms. The number of hydrogen-bond acceptors (Lipinski definition) is 3. The van der Waals surface area contributed by atoms with Crippen LogP contribution in [-0.4, -0.2) is 43.0 Å². The predicted molar refractivity (Wildman–Crippen MR) is 81.4 cm³/mol. The van der Waals surface area contributed by atoms with Gasteiger partial charge in [-0.2, -0.15) is 0 Å². The van der Waals surface area contributed by atoms with Crippen LogP contribution in [0.15, 0.2) is 30.3 Å². The van der Waals surface area contributed by atoms with E-state index >= 15 is 0 Å². The molecule has 0 spiro atoms. The average Bonchev–Trinajstić information content (AvgIpc) is 2.77. The van der Waals surface area contributed by atoms with E-state index < -0.39 is 0 Å². The highest BCUT2D eigenvalue weighted by atomic mass is 16.1. The Labute approximate surface area is 121 Å². The van der Waals surface area contributed by atoms with E-state index in [-0.39, 0.29) is 11.9 Å². The van der Waals surface area contributed by atoms with Crippen LogP contribution in [0.25, 0.3) is 0 Å². The Balaban J connectivity index is 1.81. The summed E-state index contributed by atoms with van der Waals surface area (Å²) in [6.45, 7) is 4.89. The molecular formula is C16H25N3O. The molecule has 1 aromatic rings. The zero-order valence-electron chi connectivity index (χ0n) is 12.4. The number of amides is 1. The first-order valence-corrected chi connectivity index (χ1v) is 7.41. The number of benzene rings is 1. The fourth-order valence-corrected chi connectivity index (χ4v) is 2.78. The van der Waals surface area contributed by atoms with Gasteiger partial charge in [-0.3, -0.25) is 9.69 Å². The number of likely N-dealkylation sites (tertiary alicyclic amines) is 1. The molecule has 1 fully saturated rings. The van der Waals surface area contributed by atoms with Gasteiger partial charge in [0.1, 0.15) is 0 Å². The second kappa shape index (κ2) is 7.41. The molecule has 110 valence electrons. The minimum atomic E-state index is 0.151. The summed E-state index contributed by atoms with van der Waals surface area (Å²) in [5.74, 6) is 0.151. The van der Waals surface area contributed by atoms with Gasteiger partial charge in [0.15, 0.2) is 0 Å². The van der Waals surface area contributed by atoms with E-state index in [1.54, 1.807) is 0 Å². The van der Waals surface area contributed by atoms with Gasteiger partial charge in [0.05, 0.1) is 0 Å². The summed E-state index contributed by atoms with van der Waals surface area (Å²) in [6.07, 6.45) is 1.60. The fourth-order valence-electron chi connectivity index (χ4n) is 2.78. The van der Waals surface area contributed by atoms with Crippen molar-refractivity contribution in [1.29, 1.82) is 0 Å². The molecule has 2 atom stereocenters. The minimum absolute atomic E-state index is 0.151. The molecule has 2 rings (SSSR count). The molecule has 1 amide bonds. The van der Waals surface area contributed by atoms with Gasteiger partial charge in [0.25, 0.3) is 0 Å². The van der Waals surface area contributed by atoms with Crippen LogP contribution in [0.3, 0.4) is 0 Å². The van der Waals surface area contributed by atoms with Crippen molar-refractivity contribution in [1.82, 2.24) is 15.5 Å². The molecule has 20 heavy (non-hydrogen) atoms. The Kier molecular flexibility index (Phi) is 5.56. The molecule has 1 heterocycles. The molecule has 0 bridgehead atoms. The topological polar surface area (TPSA) is 44.4 Å². The predicted octanol–water partition coefficient (Wildman–Crippen LogP) is 1.38. The lowest BCUT2D eigenvalue weighted by molar-refractivity contribution is -0.121. The summed E-state index contributed by atoms with van der Waals surface area (Å²) in [5.41, 5.74) is 1.33. The number of rotatable bonds is 6. The third kappa shape index (κ3) is 4.32. The van der Waals surface area contributed by atoms with Gasteiger partial charge in [0, 0.05) is 38.1 Å². The summed E-state index contributed by atoms with van der Waals surface area (Å²) < 4.78 is 0. The lowest BCUT2D eigenvalue weighted by atomic mass is 10.2. The van der Waals surface area contributed by atoms with Gasteiger partial charge in [-0.15, -0.1) is 0 Å². The zero-order valence-corrected chi connectivity index (χ0v) is 12.4. The van der Waals surface area contributed by atoms with E-state index in [1.807, 2.05) is 13.1 Å². The maximum atomic E-state index is 11.8. The number of hydrogen-bond donors (Lipinski definition) is 2. The average molecular weight is 275 g/mol. The summed E-state index contributed by atoms with van der Waals surface area (Å²) in [4.78, 5) is 14.2. The molecule has 1 aliphatic rings. The van der Waals surface area contributed by atoms with Crippen LogP contribution < -0.4 is 10.6 Å². The molecule has 1 saturated heterocycles. The van der Waals surface area contributed by atoms with E-state index in [4.69, 9.17) is 0 Å². The first-order chi connectivity index (χ1) is 9.69. The second-order valence-corrected chi connectivity index (χ2v) is 5.62. The molecule has 2 unspecified atom stereocenters. The minimum Gasteiger partial charge on any atom is -0.352 e. The second-order valence-electron chi connectivity index (χ2n) is 5.62. The molecule has 0 aromatic heterocycles. The third-order valence-corrected chi connectivity index (χ3v) is 3.90. The van der Waals surface area contributed by atoms with Crippen LogP contribution in [-0.2, 0) is 11.3 Å². The quantitative estimate of drug-likeness (QED) is 0.824. The summed E-state index contributed by atoms with van der Waals surface area (Å²) in [5, 5.41) is 6.14. The fraction of sp³-hybridized carbons (Fsp3) is 0.562. The molecule has 0 saturated carbocycles. The Morgan fingerprint density at radius 2 is 2.10 bits per heavy atom. The van der Waals surface area contributed by atoms with Gasteiger partial charge in [-0.1, -0.05) is 30.3 Å². The number of nitrogens with zero attached hydrogens (tertiary/aromatic N) is 1. The van der Waals surface area contributed by atoms with Crippen molar-refractivity contribution in [3.63, 3.8) is 0 Å². The van der Waals surface area contributed by atoms with Gasteiger partial charge >= 0.3 is 0 Å². The van der Waals surface area contributed by atoms with Gasteiger partial charge in [-0.25, -0.2) is 0 Å². The molecule has 2 N–H and O–H groups in total. The van der Waals surface area contributed by atoms with Crippen molar-refractivity contribution in [3.8, 4) is 0 Å². The Morgan fingerprint density at radius 3 is 2.80 bits per heavy atom. The van der Waals surface area contributed by atoms with Crippen LogP contribution in [0.2, 0.25) is 0 Å². The summed E-state index contributed by atoms with van der Waals surface area (Å²) in [6, 6.07) is 11.3. The highest BCUT2D eigenvalue weighted by Gasteiger charge is 2.29. The van der Waals surface area contributed by atoms with Gasteiger partial charge < -0.3 is 10.6 Å². The Hall–Kier alpha value is -1.39. The van der Waals surface area contributed by atoms with Crippen LogP contribution in [0.1, 0.15) is 25.3 Å². The molecular weight excluding hydrogens is 250 g/mol. The lowest BCUT2D eigenvalue weighted by Crippen LogP contribution is -2.38. The highest BCUT2D eigenvalue weighted by molar-refractivity contribution is 5.76. The van der Waals surface area contributed by atoms with E-state index in [0.717, 1.165) is 26.1 Å². The smallest absolute Gasteiger partial charge is 0.221 e. The van der Waals surface area contributed by atoms with E-state index in [2.05, 4.69) is 46.7 Å². The Bertz CT molecular complexity index is 421. The van der Waals surface area contributed by atoms with Crippen molar-refractivity contribution in [2.24, 2.45) is 0 Å². The monoisotopic (exact) mass is 275 g/mol. The van der Waals surface area contributed by atoms with Crippen LogP contribution in [0.4, 0.5) is 0 Å². The Morgan fingerprint density at radius 1 is 1.35 bits per heavy atom. The highest BCUT2D eigenvalue weighted by Crippen LogP contribution is 2.20. The maximum absolute atomic E-state index is 11.8. The zero-order chi connectivity index (χ0) is 14.4. The first-order valence-electron chi connectivity index (χ1n) is 7.41. The largest absolute Gasteiger partial charge is 0.352 e. The number of carbonyl (C=O) groups is 1. The van der Waals surface area contributed by atoms with Crippen molar-refractivity contribution >= 4 is 5.91 Å². The van der Waals surface area contributed by atoms with Crippen molar-refractivity contribution in [2.45, 2.75) is 38.4 Å². The van der Waals surface area contributed by atoms with Crippen molar-refractivity contribution in [2.75, 3.05) is 20.1 Å². The van der Waals surface area contributed by atoms with E-state index in [9.17, 15) is 4.79 Å². The SMILES string of the molecule is CNCCC(=O)NC1CC(C)N(Cc2ccccc2)C1. The van der Waals surface area contributed by atoms with Crippen molar-refractivity contribution in [3.05, 3.63) is 35.9 Å². The molecule has 1 aromatic carbocycles. The standard InChI is InChI=1S/C16H25N3O/c1-13-10-15(18-16(20)8-9-17-2)12-19(13)11-14-6-4-3-5-7-14/h3-7,13,15,17H,8-12H2,1-2H3,(H,18,20). The van der Waals surface area contributed by atoms with Gasteiger partial charge in [-0.05, 0) is 26.0 Å². The summed E-state index contributed by atoms with van der Waals surface area (Å²) in [7, 11) is 1.87. The molecule has 4 nitrogen and oxygen atoms in total. The molecule has 0 radical (unpaired) electrons. The summed E-state index contributed by atoms with van der Waals surface area (Å²) >= 11 is 0. The lowest BCUT2D eigenvalue weighted by Gasteiger charge is -2.20. The maximum Gasteiger partial charge on any atom is 0.221 e. The van der Waals surface area contributed by atoms with Crippen LogP contribution >= 0.6 is 0 Å². The van der Waals surface area contributed by atoms with Crippen molar-refractivity contribution < 1.29 is 4.79 Å². The normalized spacial score (nSPS) is 22.9. The molecule has 0 aliphatic carbocycles. The van der Waals surface area contributed by atoms with Crippen LogP contribution in [0, 0.1) is 0 Å². The van der Waals surface area contributed by atoms with Gasteiger partial charge in [0.2, 0.25) is 5.91 Å². The van der Waals surface area contributed by atoms with Crippen LogP contribution in [0.5, 0.6) is 0 Å². The first kappa shape index (κ1) is 15.0. The number of nitrogens with one attached hydrogen (secondary N) is 2. The van der Waals surface area contributed by atoms with E-state index in [0.29, 0.717) is 12.5 Å². The van der Waals surface area contributed by atoms with E-state index in [1.165, 1.54) is 5.56 Å². The number of carbonyl (C=O) groups excluding carboxylic acids is 1.